The zero-order chi connectivity index (χ0) is 17.0. The van der Waals surface area contributed by atoms with Crippen molar-refractivity contribution in [3.8, 4) is 5.75 Å². The van der Waals surface area contributed by atoms with E-state index in [1.807, 2.05) is 0 Å². The molecule has 2 rings (SSSR count). The molecule has 1 heterocycles. The Hall–Kier alpha value is -2.13. The van der Waals surface area contributed by atoms with Gasteiger partial charge in [0.1, 0.15) is 22.9 Å². The topological polar surface area (TPSA) is 58.6 Å². The maximum absolute atomic E-state index is 13.7. The zero-order valence-electron chi connectivity index (χ0n) is 11.4. The number of nitrogens with one attached hydrogen (secondary N) is 1. The van der Waals surface area contributed by atoms with Crippen LogP contribution < -0.4 is 10.1 Å². The lowest BCUT2D eigenvalue weighted by molar-refractivity contribution is -0.0501. The molecule has 9 heteroatoms. The van der Waals surface area contributed by atoms with E-state index in [4.69, 9.17) is 0 Å². The summed E-state index contributed by atoms with van der Waals surface area (Å²) in [6, 6.07) is 2.61. The van der Waals surface area contributed by atoms with Crippen LogP contribution in [0.5, 0.6) is 5.75 Å². The summed E-state index contributed by atoms with van der Waals surface area (Å²) in [5, 5.41) is 15.3. The van der Waals surface area contributed by atoms with Gasteiger partial charge in [0.2, 0.25) is 0 Å². The molecular weight excluding hydrogens is 338 g/mol. The first kappa shape index (κ1) is 17.2. The highest BCUT2D eigenvalue weighted by Gasteiger charge is 2.21. The highest BCUT2D eigenvalue weighted by atomic mass is 32.1. The van der Waals surface area contributed by atoms with Crippen LogP contribution in [0.25, 0.3) is 0 Å². The van der Waals surface area contributed by atoms with E-state index in [2.05, 4.69) is 10.1 Å². The van der Waals surface area contributed by atoms with Gasteiger partial charge in [0.15, 0.2) is 0 Å². The Morgan fingerprint density at radius 2 is 1.96 bits per heavy atom. The maximum Gasteiger partial charge on any atom is 0.387 e. The lowest BCUT2D eigenvalue weighted by Crippen LogP contribution is -2.29. The van der Waals surface area contributed by atoms with Gasteiger partial charge in [0.25, 0.3) is 5.91 Å². The fraction of sp³-hybridized carbons (Fsp3) is 0.214. The normalized spacial score (nSPS) is 12.3. The third-order valence-electron chi connectivity index (χ3n) is 2.85. The Bertz CT molecular complexity index is 656. The van der Waals surface area contributed by atoms with E-state index in [1.54, 1.807) is 16.8 Å². The van der Waals surface area contributed by atoms with E-state index in [-0.39, 0.29) is 6.54 Å². The quantitative estimate of drug-likeness (QED) is 0.788. The third kappa shape index (κ3) is 4.42. The Morgan fingerprint density at radius 3 is 2.48 bits per heavy atom. The van der Waals surface area contributed by atoms with Crippen LogP contribution in [-0.4, -0.2) is 24.2 Å². The maximum atomic E-state index is 13.7. The van der Waals surface area contributed by atoms with Crippen molar-refractivity contribution in [2.45, 2.75) is 12.7 Å². The first-order valence-corrected chi connectivity index (χ1v) is 7.25. The standard InChI is InChI=1S/C14H11F4NO3S/c15-9-3-8(22-14(17)18)4-10(16)12(9)13(21)19-5-11(20)7-1-2-23-6-7/h1-4,6,11,14,20H,5H2,(H,19,21)/t11-/m0/s1. The van der Waals surface area contributed by atoms with Gasteiger partial charge in [-0.25, -0.2) is 8.78 Å². The number of hydrogen-bond acceptors (Lipinski definition) is 4. The number of hydrogen-bond donors (Lipinski definition) is 2. The molecule has 0 aliphatic rings. The van der Waals surface area contributed by atoms with Crippen LogP contribution in [0.15, 0.2) is 29.0 Å². The van der Waals surface area contributed by atoms with Crippen LogP contribution in [0.4, 0.5) is 17.6 Å². The van der Waals surface area contributed by atoms with Crippen LogP contribution in [-0.2, 0) is 0 Å². The summed E-state index contributed by atoms with van der Waals surface area (Å²) < 4.78 is 55.3. The number of alkyl halides is 2. The Kier molecular flexibility index (Phi) is 5.56. The zero-order valence-corrected chi connectivity index (χ0v) is 12.2. The molecule has 0 fully saturated rings. The molecule has 0 saturated heterocycles. The van der Waals surface area contributed by atoms with Crippen LogP contribution in [0.2, 0.25) is 0 Å². The van der Waals surface area contributed by atoms with Crippen LogP contribution >= 0.6 is 11.3 Å². The molecule has 0 saturated carbocycles. The number of carbonyl (C=O) groups is 1. The van der Waals surface area contributed by atoms with E-state index >= 15 is 0 Å². The van der Waals surface area contributed by atoms with Crippen molar-refractivity contribution in [1.82, 2.24) is 5.32 Å². The van der Waals surface area contributed by atoms with Crippen LogP contribution in [0.3, 0.4) is 0 Å². The first-order chi connectivity index (χ1) is 10.9. The highest BCUT2D eigenvalue weighted by molar-refractivity contribution is 7.07. The van der Waals surface area contributed by atoms with E-state index in [0.717, 1.165) is 0 Å². The average Bonchev–Trinajstić information content (AvgIpc) is 2.97. The lowest BCUT2D eigenvalue weighted by Gasteiger charge is -2.12. The summed E-state index contributed by atoms with van der Waals surface area (Å²) in [6.07, 6.45) is -1.03. The smallest absolute Gasteiger partial charge is 0.387 e. The summed E-state index contributed by atoms with van der Waals surface area (Å²) in [5.41, 5.74) is -0.388. The fourth-order valence-corrected chi connectivity index (χ4v) is 2.50. The largest absolute Gasteiger partial charge is 0.435 e. The Balaban J connectivity index is 2.07. The molecule has 0 spiro atoms. The number of ether oxygens (including phenoxy) is 1. The first-order valence-electron chi connectivity index (χ1n) is 6.30. The minimum absolute atomic E-state index is 0.260. The van der Waals surface area contributed by atoms with Crippen molar-refractivity contribution >= 4 is 17.2 Å². The van der Waals surface area contributed by atoms with Crippen molar-refractivity contribution in [1.29, 1.82) is 0 Å². The van der Waals surface area contributed by atoms with Crippen molar-refractivity contribution in [3.63, 3.8) is 0 Å². The molecular formula is C14H11F4NO3S. The van der Waals surface area contributed by atoms with Gasteiger partial charge in [-0.15, -0.1) is 0 Å². The number of amides is 1. The molecule has 0 radical (unpaired) electrons. The van der Waals surface area contributed by atoms with Crippen LogP contribution in [0.1, 0.15) is 22.0 Å². The van der Waals surface area contributed by atoms with E-state index in [0.29, 0.717) is 17.7 Å². The highest BCUT2D eigenvalue weighted by Crippen LogP contribution is 2.22. The number of rotatable bonds is 6. The summed E-state index contributed by atoms with van der Waals surface area (Å²) in [7, 11) is 0. The molecule has 2 N–H and O–H groups in total. The Morgan fingerprint density at radius 1 is 1.30 bits per heavy atom. The van der Waals surface area contributed by atoms with Gasteiger partial charge < -0.3 is 15.2 Å². The van der Waals surface area contributed by atoms with E-state index < -0.39 is 41.6 Å². The van der Waals surface area contributed by atoms with Gasteiger partial charge >= 0.3 is 6.61 Å². The van der Waals surface area contributed by atoms with Crippen molar-refractivity contribution in [2.75, 3.05) is 6.54 Å². The average molecular weight is 349 g/mol. The predicted molar refractivity (Wildman–Crippen MR) is 74.6 cm³/mol. The second-order valence-corrected chi connectivity index (χ2v) is 5.20. The summed E-state index contributed by atoms with van der Waals surface area (Å²) in [4.78, 5) is 11.8. The molecule has 1 amide bonds. The monoisotopic (exact) mass is 349 g/mol. The third-order valence-corrected chi connectivity index (χ3v) is 3.55. The van der Waals surface area contributed by atoms with Crippen LogP contribution in [0, 0.1) is 11.6 Å². The molecule has 1 aromatic carbocycles. The molecule has 1 atom stereocenters. The number of aliphatic hydroxyl groups is 1. The van der Waals surface area contributed by atoms with Gasteiger partial charge in [0, 0.05) is 18.7 Å². The van der Waals surface area contributed by atoms with Gasteiger partial charge in [0.05, 0.1) is 6.10 Å². The second kappa shape index (κ2) is 7.42. The number of carbonyl (C=O) groups excluding carboxylic acids is 1. The molecule has 0 bridgehead atoms. The molecule has 23 heavy (non-hydrogen) atoms. The van der Waals surface area contributed by atoms with Gasteiger partial charge in [-0.2, -0.15) is 20.1 Å². The van der Waals surface area contributed by atoms with Gasteiger partial charge in [-0.1, -0.05) is 0 Å². The molecule has 0 aliphatic carbocycles. The summed E-state index contributed by atoms with van der Waals surface area (Å²) in [5.74, 6) is -4.53. The van der Waals surface area contributed by atoms with E-state index in [1.165, 1.54) is 11.3 Å². The minimum atomic E-state index is -3.24. The minimum Gasteiger partial charge on any atom is -0.435 e. The number of thiophene rings is 1. The summed E-state index contributed by atoms with van der Waals surface area (Å²) >= 11 is 1.34. The molecule has 0 unspecified atom stereocenters. The molecule has 0 aliphatic heterocycles. The van der Waals surface area contributed by atoms with Crippen molar-refractivity contribution < 1.29 is 32.2 Å². The predicted octanol–water partition coefficient (Wildman–Crippen LogP) is 3.09. The number of aliphatic hydroxyl groups excluding tert-OH is 1. The fourth-order valence-electron chi connectivity index (χ4n) is 1.80. The molecule has 2 aromatic rings. The van der Waals surface area contributed by atoms with Gasteiger partial charge in [-0.05, 0) is 22.4 Å². The van der Waals surface area contributed by atoms with Gasteiger partial charge in [-0.3, -0.25) is 4.79 Å². The molecule has 4 nitrogen and oxygen atoms in total. The van der Waals surface area contributed by atoms with Crippen molar-refractivity contribution in [2.24, 2.45) is 0 Å². The lowest BCUT2D eigenvalue weighted by atomic mass is 10.1. The Labute approximate surface area is 132 Å². The molecule has 1 aromatic heterocycles. The number of benzene rings is 1. The second-order valence-electron chi connectivity index (χ2n) is 4.42. The summed E-state index contributed by atoms with van der Waals surface area (Å²) in [6.45, 7) is -3.50. The SMILES string of the molecule is O=C(NC[C@H](O)c1ccsc1)c1c(F)cc(OC(F)F)cc1F. The molecule has 124 valence electrons. The number of halogens is 4. The van der Waals surface area contributed by atoms with Crippen molar-refractivity contribution in [3.05, 3.63) is 51.7 Å². The van der Waals surface area contributed by atoms with E-state index in [9.17, 15) is 27.5 Å².